The topological polar surface area (TPSA) is 55.1 Å². The Morgan fingerprint density at radius 2 is 1.70 bits per heavy atom. The van der Waals surface area contributed by atoms with E-state index >= 15 is 0 Å². The van der Waals surface area contributed by atoms with Gasteiger partial charge in [-0.1, -0.05) is 23.2 Å². The third-order valence-corrected chi connectivity index (χ3v) is 2.90. The molecule has 0 aromatic heterocycles. The molecule has 0 bridgehead atoms. The van der Waals surface area contributed by atoms with Crippen LogP contribution < -0.4 is 11.1 Å². The Bertz CT molecular complexity index is 672. The highest BCUT2D eigenvalue weighted by molar-refractivity contribution is 6.35. The Morgan fingerprint density at radius 1 is 1.10 bits per heavy atom. The molecule has 0 spiro atoms. The van der Waals surface area contributed by atoms with E-state index < -0.39 is 23.1 Å². The van der Waals surface area contributed by atoms with Crippen LogP contribution in [-0.4, -0.2) is 5.91 Å². The fourth-order valence-electron chi connectivity index (χ4n) is 1.60. The summed E-state index contributed by atoms with van der Waals surface area (Å²) in [5, 5.41) is 2.86. The number of carbonyl (C=O) groups is 1. The van der Waals surface area contributed by atoms with Crippen LogP contribution in [0.1, 0.15) is 10.4 Å². The second-order valence-corrected chi connectivity index (χ2v) is 4.81. The standard InChI is InChI=1S/C13H8Cl2F2N2O/c14-6-3-7(15)5-8(4-6)19-13(20)11-9(16)1-2-10(18)12(11)17/h1-5H,18H2,(H,19,20). The molecular formula is C13H8Cl2F2N2O. The summed E-state index contributed by atoms with van der Waals surface area (Å²) in [7, 11) is 0. The number of halogens is 4. The van der Waals surface area contributed by atoms with E-state index in [1.54, 1.807) is 0 Å². The summed E-state index contributed by atoms with van der Waals surface area (Å²) in [4.78, 5) is 11.9. The van der Waals surface area contributed by atoms with Crippen LogP contribution in [0.4, 0.5) is 20.2 Å². The fourth-order valence-corrected chi connectivity index (χ4v) is 2.12. The molecule has 0 saturated carbocycles. The molecule has 3 N–H and O–H groups in total. The molecule has 1 amide bonds. The first-order valence-electron chi connectivity index (χ1n) is 5.39. The highest BCUT2D eigenvalue weighted by Crippen LogP contribution is 2.24. The number of hydrogen-bond acceptors (Lipinski definition) is 2. The van der Waals surface area contributed by atoms with Gasteiger partial charge < -0.3 is 11.1 Å². The summed E-state index contributed by atoms with van der Waals surface area (Å²) in [6.07, 6.45) is 0. The van der Waals surface area contributed by atoms with E-state index in [0.717, 1.165) is 12.1 Å². The molecule has 20 heavy (non-hydrogen) atoms. The molecule has 0 aliphatic heterocycles. The summed E-state index contributed by atoms with van der Waals surface area (Å²) in [6.45, 7) is 0. The van der Waals surface area contributed by atoms with Crippen LogP contribution in [0.15, 0.2) is 30.3 Å². The number of anilines is 2. The Balaban J connectivity index is 2.35. The lowest BCUT2D eigenvalue weighted by Gasteiger charge is -2.09. The highest BCUT2D eigenvalue weighted by atomic mass is 35.5. The number of rotatable bonds is 2. The second kappa shape index (κ2) is 5.64. The number of benzene rings is 2. The minimum Gasteiger partial charge on any atom is -0.396 e. The van der Waals surface area contributed by atoms with Gasteiger partial charge in [-0.15, -0.1) is 0 Å². The van der Waals surface area contributed by atoms with Crippen LogP contribution >= 0.6 is 23.2 Å². The van der Waals surface area contributed by atoms with Crippen molar-refractivity contribution < 1.29 is 13.6 Å². The predicted molar refractivity (Wildman–Crippen MR) is 75.2 cm³/mol. The van der Waals surface area contributed by atoms with Gasteiger partial charge in [0.15, 0.2) is 5.82 Å². The first-order chi connectivity index (χ1) is 9.38. The zero-order chi connectivity index (χ0) is 14.9. The summed E-state index contributed by atoms with van der Waals surface area (Å²) >= 11 is 11.5. The van der Waals surface area contributed by atoms with Gasteiger partial charge in [0.1, 0.15) is 11.4 Å². The Morgan fingerprint density at radius 3 is 2.30 bits per heavy atom. The third kappa shape index (κ3) is 3.00. The molecule has 0 atom stereocenters. The lowest BCUT2D eigenvalue weighted by Crippen LogP contribution is -2.16. The maximum atomic E-state index is 13.7. The van der Waals surface area contributed by atoms with Crippen molar-refractivity contribution in [1.82, 2.24) is 0 Å². The van der Waals surface area contributed by atoms with Gasteiger partial charge in [-0.2, -0.15) is 0 Å². The van der Waals surface area contributed by atoms with E-state index in [1.807, 2.05) is 0 Å². The minimum atomic E-state index is -1.12. The number of nitrogen functional groups attached to an aromatic ring is 1. The van der Waals surface area contributed by atoms with Crippen LogP contribution in [-0.2, 0) is 0 Å². The molecule has 0 unspecified atom stereocenters. The number of carbonyl (C=O) groups excluding carboxylic acids is 1. The van der Waals surface area contributed by atoms with E-state index in [2.05, 4.69) is 5.32 Å². The van der Waals surface area contributed by atoms with Gasteiger partial charge in [0.05, 0.1) is 5.69 Å². The quantitative estimate of drug-likeness (QED) is 0.819. The van der Waals surface area contributed by atoms with Crippen molar-refractivity contribution in [1.29, 1.82) is 0 Å². The molecule has 0 radical (unpaired) electrons. The summed E-state index contributed by atoms with van der Waals surface area (Å²) in [6, 6.07) is 6.21. The number of hydrogen-bond donors (Lipinski definition) is 2. The van der Waals surface area contributed by atoms with E-state index in [9.17, 15) is 13.6 Å². The second-order valence-electron chi connectivity index (χ2n) is 3.94. The lowest BCUT2D eigenvalue weighted by molar-refractivity contribution is 0.101. The smallest absolute Gasteiger partial charge is 0.261 e. The summed E-state index contributed by atoms with van der Waals surface area (Å²) < 4.78 is 27.2. The van der Waals surface area contributed by atoms with Gasteiger partial charge >= 0.3 is 0 Å². The minimum absolute atomic E-state index is 0.216. The maximum Gasteiger partial charge on any atom is 0.261 e. The average molecular weight is 317 g/mol. The van der Waals surface area contributed by atoms with Gasteiger partial charge in [-0.05, 0) is 30.3 Å². The van der Waals surface area contributed by atoms with Crippen molar-refractivity contribution in [3.8, 4) is 0 Å². The highest BCUT2D eigenvalue weighted by Gasteiger charge is 2.19. The van der Waals surface area contributed by atoms with Gasteiger partial charge in [-0.25, -0.2) is 8.78 Å². The molecule has 0 fully saturated rings. The molecule has 104 valence electrons. The fraction of sp³-hybridized carbons (Fsp3) is 0. The largest absolute Gasteiger partial charge is 0.396 e. The van der Waals surface area contributed by atoms with Crippen molar-refractivity contribution in [2.24, 2.45) is 0 Å². The number of nitrogens with one attached hydrogen (secondary N) is 1. The van der Waals surface area contributed by atoms with Crippen LogP contribution in [0, 0.1) is 11.6 Å². The summed E-state index contributed by atoms with van der Waals surface area (Å²) in [5.41, 5.74) is 4.44. The molecule has 3 nitrogen and oxygen atoms in total. The van der Waals surface area contributed by atoms with Gasteiger partial charge in [-0.3, -0.25) is 4.79 Å². The molecule has 0 aliphatic rings. The molecule has 0 aliphatic carbocycles. The molecule has 2 aromatic carbocycles. The SMILES string of the molecule is Nc1ccc(F)c(C(=O)Nc2cc(Cl)cc(Cl)c2)c1F. The molecular weight excluding hydrogens is 309 g/mol. The van der Waals surface area contributed by atoms with Gasteiger partial charge in [0.25, 0.3) is 5.91 Å². The van der Waals surface area contributed by atoms with Crippen LogP contribution in [0.3, 0.4) is 0 Å². The van der Waals surface area contributed by atoms with Crippen LogP contribution in [0.25, 0.3) is 0 Å². The molecule has 2 rings (SSSR count). The van der Waals surface area contributed by atoms with Crippen molar-refractivity contribution >= 4 is 40.5 Å². The van der Waals surface area contributed by atoms with Crippen LogP contribution in [0.5, 0.6) is 0 Å². The zero-order valence-electron chi connectivity index (χ0n) is 9.88. The predicted octanol–water partition coefficient (Wildman–Crippen LogP) is 4.11. The molecule has 7 heteroatoms. The lowest BCUT2D eigenvalue weighted by atomic mass is 10.1. The monoisotopic (exact) mass is 316 g/mol. The van der Waals surface area contributed by atoms with Crippen LogP contribution in [0.2, 0.25) is 10.0 Å². The average Bonchev–Trinajstić information content (AvgIpc) is 2.33. The number of nitrogens with two attached hydrogens (primary N) is 1. The van der Waals surface area contributed by atoms with Crippen molar-refractivity contribution in [3.63, 3.8) is 0 Å². The van der Waals surface area contributed by atoms with E-state index in [1.165, 1.54) is 18.2 Å². The third-order valence-electron chi connectivity index (χ3n) is 2.47. The molecule has 0 saturated heterocycles. The molecule has 0 heterocycles. The van der Waals surface area contributed by atoms with E-state index in [4.69, 9.17) is 28.9 Å². The molecule has 2 aromatic rings. The zero-order valence-corrected chi connectivity index (χ0v) is 11.4. The van der Waals surface area contributed by atoms with Crippen molar-refractivity contribution in [3.05, 3.63) is 57.6 Å². The Labute approximate surface area is 123 Å². The van der Waals surface area contributed by atoms with Crippen molar-refractivity contribution in [2.75, 3.05) is 11.1 Å². The first-order valence-corrected chi connectivity index (χ1v) is 6.15. The summed E-state index contributed by atoms with van der Waals surface area (Å²) in [5.74, 6) is -3.11. The maximum absolute atomic E-state index is 13.7. The van der Waals surface area contributed by atoms with Gasteiger partial charge in [0.2, 0.25) is 0 Å². The first kappa shape index (κ1) is 14.6. The Kier molecular flexibility index (Phi) is 4.11. The van der Waals surface area contributed by atoms with E-state index in [0.29, 0.717) is 0 Å². The Hall–Kier alpha value is -1.85. The normalized spacial score (nSPS) is 10.4. The van der Waals surface area contributed by atoms with E-state index in [-0.39, 0.29) is 21.4 Å². The number of amides is 1. The van der Waals surface area contributed by atoms with Gasteiger partial charge in [0, 0.05) is 15.7 Å². The van der Waals surface area contributed by atoms with Crippen molar-refractivity contribution in [2.45, 2.75) is 0 Å².